The average Bonchev–Trinajstić information content (AvgIpc) is 2.55. The average molecular weight is 282 g/mol. The summed E-state index contributed by atoms with van der Waals surface area (Å²) in [5, 5.41) is 0. The van der Waals surface area contributed by atoms with E-state index >= 15 is 0 Å². The Bertz CT molecular complexity index is 581. The predicted molar refractivity (Wildman–Crippen MR) is 85.1 cm³/mol. The number of carbonyl (C=O) groups is 1. The van der Waals surface area contributed by atoms with Crippen molar-refractivity contribution in [2.24, 2.45) is 5.92 Å². The van der Waals surface area contributed by atoms with Crippen molar-refractivity contribution in [1.29, 1.82) is 0 Å². The highest BCUT2D eigenvalue weighted by Gasteiger charge is 2.15. The maximum absolute atomic E-state index is 12.5. The Kier molecular flexibility index (Phi) is 5.61. The third-order valence-electron chi connectivity index (χ3n) is 3.66. The summed E-state index contributed by atoms with van der Waals surface area (Å²) in [6.45, 7) is 4.19. The van der Waals surface area contributed by atoms with Gasteiger partial charge in [0.25, 0.3) is 0 Å². The Labute approximate surface area is 126 Å². The maximum atomic E-state index is 12.5. The van der Waals surface area contributed by atoms with Gasteiger partial charge in [0.1, 0.15) is 0 Å². The van der Waals surface area contributed by atoms with Crippen molar-refractivity contribution in [3.63, 3.8) is 0 Å². The van der Waals surface area contributed by atoms with Crippen LogP contribution in [-0.2, 0) is 0 Å². The molecule has 0 aliphatic heterocycles. The second-order valence-corrected chi connectivity index (χ2v) is 5.41. The van der Waals surface area contributed by atoms with Crippen molar-refractivity contribution in [3.8, 4) is 11.4 Å². The summed E-state index contributed by atoms with van der Waals surface area (Å²) < 4.78 is 0. The molecular formula is C18H22N2O. The van der Waals surface area contributed by atoms with Gasteiger partial charge in [0.05, 0.1) is 11.4 Å². The number of rotatable bonds is 7. The van der Waals surface area contributed by atoms with Gasteiger partial charge in [0.15, 0.2) is 5.78 Å². The highest BCUT2D eigenvalue weighted by atomic mass is 16.1. The van der Waals surface area contributed by atoms with Crippen LogP contribution >= 0.6 is 0 Å². The Morgan fingerprint density at radius 1 is 1.10 bits per heavy atom. The lowest BCUT2D eigenvalue weighted by atomic mass is 9.94. The van der Waals surface area contributed by atoms with Crippen LogP contribution in [0.15, 0.2) is 42.7 Å². The molecule has 0 aliphatic carbocycles. The fourth-order valence-corrected chi connectivity index (χ4v) is 2.35. The van der Waals surface area contributed by atoms with Crippen LogP contribution in [0.5, 0.6) is 0 Å². The summed E-state index contributed by atoms with van der Waals surface area (Å²) in [6.07, 6.45) is 7.86. The second kappa shape index (κ2) is 7.67. The summed E-state index contributed by atoms with van der Waals surface area (Å²) in [7, 11) is 0. The lowest BCUT2D eigenvalue weighted by molar-refractivity contribution is 0.0922. The number of hydrogen-bond donors (Lipinski definition) is 0. The Balaban J connectivity index is 2.12. The van der Waals surface area contributed by atoms with E-state index in [1.807, 2.05) is 31.2 Å². The number of unbranched alkanes of at least 4 members (excludes halogenated alkanes) is 2. The molecule has 0 aromatic carbocycles. The van der Waals surface area contributed by atoms with Gasteiger partial charge in [-0.3, -0.25) is 14.8 Å². The molecular weight excluding hydrogens is 260 g/mol. The van der Waals surface area contributed by atoms with Crippen LogP contribution in [0.25, 0.3) is 11.4 Å². The standard InChI is InChI=1S/C18H22N2O/c1-3-4-5-8-14(2)18(21)15-10-12-20-17(13-15)16-9-6-7-11-19-16/h6-7,9-14H,3-5,8H2,1-2H3. The van der Waals surface area contributed by atoms with Crippen molar-refractivity contribution < 1.29 is 4.79 Å². The van der Waals surface area contributed by atoms with Gasteiger partial charge in [-0.15, -0.1) is 0 Å². The van der Waals surface area contributed by atoms with E-state index in [2.05, 4.69) is 16.9 Å². The first-order valence-electron chi connectivity index (χ1n) is 7.64. The van der Waals surface area contributed by atoms with E-state index in [9.17, 15) is 4.79 Å². The van der Waals surface area contributed by atoms with Crippen molar-refractivity contribution in [3.05, 3.63) is 48.3 Å². The summed E-state index contributed by atoms with van der Waals surface area (Å²) >= 11 is 0. The van der Waals surface area contributed by atoms with Crippen LogP contribution in [0.4, 0.5) is 0 Å². The minimum absolute atomic E-state index is 0.0653. The molecule has 1 atom stereocenters. The molecule has 0 fully saturated rings. The maximum Gasteiger partial charge on any atom is 0.165 e. The van der Waals surface area contributed by atoms with Gasteiger partial charge in [0, 0.05) is 23.9 Å². The number of nitrogens with zero attached hydrogens (tertiary/aromatic N) is 2. The Morgan fingerprint density at radius 3 is 2.62 bits per heavy atom. The lowest BCUT2D eigenvalue weighted by Crippen LogP contribution is -2.11. The van der Waals surface area contributed by atoms with E-state index in [-0.39, 0.29) is 11.7 Å². The molecule has 21 heavy (non-hydrogen) atoms. The molecule has 0 amide bonds. The third-order valence-corrected chi connectivity index (χ3v) is 3.66. The van der Waals surface area contributed by atoms with Gasteiger partial charge in [-0.25, -0.2) is 0 Å². The molecule has 0 saturated heterocycles. The summed E-state index contributed by atoms with van der Waals surface area (Å²) in [5.74, 6) is 0.265. The second-order valence-electron chi connectivity index (χ2n) is 5.41. The largest absolute Gasteiger partial charge is 0.294 e. The third kappa shape index (κ3) is 4.22. The van der Waals surface area contributed by atoms with E-state index in [0.29, 0.717) is 0 Å². The summed E-state index contributed by atoms with van der Waals surface area (Å²) in [5.41, 5.74) is 2.28. The minimum atomic E-state index is 0.0653. The first-order valence-corrected chi connectivity index (χ1v) is 7.64. The van der Waals surface area contributed by atoms with Crippen molar-refractivity contribution in [1.82, 2.24) is 9.97 Å². The van der Waals surface area contributed by atoms with Gasteiger partial charge < -0.3 is 0 Å². The number of Topliss-reactive ketones (excluding diaryl/α,β-unsaturated/α-hetero) is 1. The van der Waals surface area contributed by atoms with E-state index in [1.54, 1.807) is 18.5 Å². The smallest absolute Gasteiger partial charge is 0.165 e. The van der Waals surface area contributed by atoms with Gasteiger partial charge in [-0.1, -0.05) is 39.2 Å². The van der Waals surface area contributed by atoms with Crippen molar-refractivity contribution >= 4 is 5.78 Å². The van der Waals surface area contributed by atoms with Crippen LogP contribution in [0, 0.1) is 5.92 Å². The van der Waals surface area contributed by atoms with Gasteiger partial charge in [0.2, 0.25) is 0 Å². The molecule has 2 heterocycles. The van der Waals surface area contributed by atoms with Gasteiger partial charge in [-0.05, 0) is 30.7 Å². The van der Waals surface area contributed by atoms with Crippen molar-refractivity contribution in [2.75, 3.05) is 0 Å². The van der Waals surface area contributed by atoms with Crippen LogP contribution < -0.4 is 0 Å². The van der Waals surface area contributed by atoms with Crippen LogP contribution in [0.2, 0.25) is 0 Å². The number of pyridine rings is 2. The molecule has 3 heteroatoms. The number of ketones is 1. The number of carbonyl (C=O) groups excluding carboxylic acids is 1. The molecule has 0 aliphatic rings. The molecule has 0 saturated carbocycles. The van der Waals surface area contributed by atoms with Crippen LogP contribution in [0.1, 0.15) is 49.9 Å². The molecule has 3 nitrogen and oxygen atoms in total. The quantitative estimate of drug-likeness (QED) is 0.553. The van der Waals surface area contributed by atoms with E-state index in [0.717, 1.165) is 29.8 Å². The number of hydrogen-bond acceptors (Lipinski definition) is 3. The fraction of sp³-hybridized carbons (Fsp3) is 0.389. The monoisotopic (exact) mass is 282 g/mol. The molecule has 0 N–H and O–H groups in total. The predicted octanol–water partition coefficient (Wildman–Crippen LogP) is 4.54. The zero-order valence-electron chi connectivity index (χ0n) is 12.7. The normalized spacial score (nSPS) is 12.1. The molecule has 2 rings (SSSR count). The van der Waals surface area contributed by atoms with Crippen molar-refractivity contribution in [2.45, 2.75) is 39.5 Å². The SMILES string of the molecule is CCCCCC(C)C(=O)c1ccnc(-c2ccccn2)c1. The molecule has 0 radical (unpaired) electrons. The first kappa shape index (κ1) is 15.4. The number of aromatic nitrogens is 2. The minimum Gasteiger partial charge on any atom is -0.294 e. The highest BCUT2D eigenvalue weighted by molar-refractivity contribution is 5.98. The summed E-state index contributed by atoms with van der Waals surface area (Å²) in [6, 6.07) is 9.34. The summed E-state index contributed by atoms with van der Waals surface area (Å²) in [4.78, 5) is 21.1. The van der Waals surface area contributed by atoms with E-state index in [1.165, 1.54) is 12.8 Å². The molecule has 2 aromatic rings. The molecule has 0 bridgehead atoms. The van der Waals surface area contributed by atoms with Crippen LogP contribution in [0.3, 0.4) is 0 Å². The first-order chi connectivity index (χ1) is 10.2. The van der Waals surface area contributed by atoms with Gasteiger partial charge in [-0.2, -0.15) is 0 Å². The van der Waals surface area contributed by atoms with Gasteiger partial charge >= 0.3 is 0 Å². The Hall–Kier alpha value is -2.03. The molecule has 1 unspecified atom stereocenters. The lowest BCUT2D eigenvalue weighted by Gasteiger charge is -2.10. The van der Waals surface area contributed by atoms with E-state index in [4.69, 9.17) is 0 Å². The zero-order valence-corrected chi connectivity index (χ0v) is 12.7. The zero-order chi connectivity index (χ0) is 15.1. The Morgan fingerprint density at radius 2 is 1.90 bits per heavy atom. The molecule has 2 aromatic heterocycles. The van der Waals surface area contributed by atoms with E-state index < -0.39 is 0 Å². The molecule has 110 valence electrons. The molecule has 0 spiro atoms. The highest BCUT2D eigenvalue weighted by Crippen LogP contribution is 2.19. The topological polar surface area (TPSA) is 42.9 Å². The van der Waals surface area contributed by atoms with Crippen LogP contribution in [-0.4, -0.2) is 15.8 Å². The fourth-order valence-electron chi connectivity index (χ4n) is 2.35.